The van der Waals surface area contributed by atoms with Gasteiger partial charge in [0, 0.05) is 6.42 Å². The molecule has 8 heteroatoms. The van der Waals surface area contributed by atoms with Gasteiger partial charge in [-0.25, -0.2) is 0 Å². The van der Waals surface area contributed by atoms with Crippen molar-refractivity contribution in [2.75, 3.05) is 13.2 Å². The summed E-state index contributed by atoms with van der Waals surface area (Å²) in [5.41, 5.74) is 1.76. The van der Waals surface area contributed by atoms with Gasteiger partial charge in [-0.2, -0.15) is 0 Å². The van der Waals surface area contributed by atoms with E-state index < -0.39 is 4.75 Å². The van der Waals surface area contributed by atoms with Gasteiger partial charge in [-0.15, -0.1) is 0 Å². The molecule has 3 aromatic rings. The number of ether oxygens (including phenoxy) is 3. The van der Waals surface area contributed by atoms with Gasteiger partial charge in [0.1, 0.15) is 27.7 Å². The van der Waals surface area contributed by atoms with Gasteiger partial charge >= 0.3 is 0 Å². The van der Waals surface area contributed by atoms with Gasteiger partial charge in [0.2, 0.25) is 5.91 Å². The van der Waals surface area contributed by atoms with Crippen molar-refractivity contribution < 1.29 is 23.8 Å². The number of carbonyl (C=O) groups excluding carboxylic acids is 2. The summed E-state index contributed by atoms with van der Waals surface area (Å²) in [5.74, 6) is 2.60. The molecule has 0 bridgehead atoms. The van der Waals surface area contributed by atoms with Crippen LogP contribution < -0.4 is 19.5 Å². The molecule has 1 N–H and O–H groups in total. The third-order valence-electron chi connectivity index (χ3n) is 5.76. The van der Waals surface area contributed by atoms with Crippen molar-refractivity contribution in [2.45, 2.75) is 37.9 Å². The summed E-state index contributed by atoms with van der Waals surface area (Å²) in [6, 6.07) is 20.7. The Balaban J connectivity index is 1.29. The van der Waals surface area contributed by atoms with E-state index in [4.69, 9.17) is 25.8 Å². The Kier molecular flexibility index (Phi) is 8.44. The van der Waals surface area contributed by atoms with Crippen LogP contribution >= 0.6 is 23.4 Å². The van der Waals surface area contributed by atoms with E-state index in [1.807, 2.05) is 48.5 Å². The second-order valence-corrected chi connectivity index (χ2v) is 10.3. The van der Waals surface area contributed by atoms with Crippen molar-refractivity contribution in [3.63, 3.8) is 0 Å². The number of imide groups is 1. The molecule has 3 aromatic carbocycles. The van der Waals surface area contributed by atoms with E-state index in [0.717, 1.165) is 47.4 Å². The predicted octanol–water partition coefficient (Wildman–Crippen LogP) is 7.13. The molecule has 1 aliphatic heterocycles. The summed E-state index contributed by atoms with van der Waals surface area (Å²) in [4.78, 5) is 23.8. The first-order valence-corrected chi connectivity index (χ1v) is 13.0. The van der Waals surface area contributed by atoms with Crippen molar-refractivity contribution in [3.8, 4) is 23.0 Å². The number of hydrogen-bond acceptors (Lipinski definition) is 6. The van der Waals surface area contributed by atoms with Gasteiger partial charge < -0.3 is 14.2 Å². The standard InChI is InChI=1S/C28H28ClNO5S/c1-3-8-19-17-22(35-21-9-5-4-6-10-21)12-14-24(19)33-15-7-16-34-25-13-11-20(18-23(25)29)28(2)26(31)30-27(32)36-28/h4-6,9-14,17-18H,3,7-8,15-16H2,1-2H3,(H,30,31,32). The SMILES string of the molecule is CCCc1cc(Oc2ccccc2)ccc1OCCCOc1ccc(C2(C)SC(=O)NC2=O)cc1Cl. The third kappa shape index (κ3) is 6.15. The maximum absolute atomic E-state index is 12.2. The Labute approximate surface area is 220 Å². The van der Waals surface area contributed by atoms with Crippen LogP contribution in [0.4, 0.5) is 4.79 Å². The molecule has 1 fully saturated rings. The molecule has 36 heavy (non-hydrogen) atoms. The van der Waals surface area contributed by atoms with Gasteiger partial charge in [-0.05, 0) is 78.7 Å². The van der Waals surface area contributed by atoms with E-state index in [1.54, 1.807) is 25.1 Å². The molecule has 0 saturated carbocycles. The number of amides is 2. The minimum atomic E-state index is -0.995. The van der Waals surface area contributed by atoms with Crippen LogP contribution in [-0.4, -0.2) is 24.4 Å². The van der Waals surface area contributed by atoms with Crippen molar-refractivity contribution in [3.05, 3.63) is 82.9 Å². The molecular weight excluding hydrogens is 498 g/mol. The highest BCUT2D eigenvalue weighted by Crippen LogP contribution is 2.43. The zero-order chi connectivity index (χ0) is 25.5. The van der Waals surface area contributed by atoms with Crippen LogP contribution in [0.2, 0.25) is 5.02 Å². The molecule has 1 heterocycles. The maximum atomic E-state index is 12.2. The lowest BCUT2D eigenvalue weighted by Gasteiger charge is -2.20. The first kappa shape index (κ1) is 25.9. The molecule has 2 amide bonds. The highest BCUT2D eigenvalue weighted by Gasteiger charge is 2.45. The minimum absolute atomic E-state index is 0.346. The minimum Gasteiger partial charge on any atom is -0.493 e. The Morgan fingerprint density at radius 2 is 1.64 bits per heavy atom. The largest absolute Gasteiger partial charge is 0.493 e. The highest BCUT2D eigenvalue weighted by atomic mass is 35.5. The molecule has 0 radical (unpaired) electrons. The van der Waals surface area contributed by atoms with Crippen LogP contribution in [0.25, 0.3) is 0 Å². The molecule has 6 nitrogen and oxygen atoms in total. The molecule has 1 aliphatic rings. The zero-order valence-corrected chi connectivity index (χ0v) is 21.8. The van der Waals surface area contributed by atoms with Gasteiger partial charge in [-0.1, -0.05) is 49.2 Å². The summed E-state index contributed by atoms with van der Waals surface area (Å²) in [6.07, 6.45) is 2.55. The van der Waals surface area contributed by atoms with Crippen molar-refractivity contribution in [1.29, 1.82) is 0 Å². The number of halogens is 1. The lowest BCUT2D eigenvalue weighted by molar-refractivity contribution is -0.121. The van der Waals surface area contributed by atoms with E-state index in [1.165, 1.54) is 0 Å². The number of rotatable bonds is 11. The summed E-state index contributed by atoms with van der Waals surface area (Å²) >= 11 is 7.35. The summed E-state index contributed by atoms with van der Waals surface area (Å²) < 4.78 is 16.8. The summed E-state index contributed by atoms with van der Waals surface area (Å²) in [6.45, 7) is 4.74. The van der Waals surface area contributed by atoms with Crippen LogP contribution in [0, 0.1) is 0 Å². The molecule has 1 saturated heterocycles. The first-order chi connectivity index (χ1) is 17.4. The monoisotopic (exact) mass is 525 g/mol. The maximum Gasteiger partial charge on any atom is 0.287 e. The fraction of sp³-hybridized carbons (Fsp3) is 0.286. The Morgan fingerprint density at radius 1 is 0.917 bits per heavy atom. The lowest BCUT2D eigenvalue weighted by Crippen LogP contribution is -2.31. The van der Waals surface area contributed by atoms with Crippen LogP contribution in [0.15, 0.2) is 66.7 Å². The molecule has 0 spiro atoms. The topological polar surface area (TPSA) is 73.9 Å². The fourth-order valence-electron chi connectivity index (χ4n) is 3.85. The van der Waals surface area contributed by atoms with Gasteiger partial charge in [0.25, 0.3) is 5.24 Å². The molecule has 1 atom stereocenters. The Hall–Kier alpha value is -3.16. The number of benzene rings is 3. The predicted molar refractivity (Wildman–Crippen MR) is 142 cm³/mol. The number of carbonyl (C=O) groups is 2. The van der Waals surface area contributed by atoms with Crippen LogP contribution in [0.5, 0.6) is 23.0 Å². The quantitative estimate of drug-likeness (QED) is 0.268. The van der Waals surface area contributed by atoms with E-state index >= 15 is 0 Å². The highest BCUT2D eigenvalue weighted by molar-refractivity contribution is 8.15. The lowest BCUT2D eigenvalue weighted by atomic mass is 9.99. The second kappa shape index (κ2) is 11.7. The molecule has 1 unspecified atom stereocenters. The summed E-state index contributed by atoms with van der Waals surface area (Å²) in [7, 11) is 0. The molecule has 0 aliphatic carbocycles. The van der Waals surface area contributed by atoms with Crippen LogP contribution in [-0.2, 0) is 16.0 Å². The average Bonchev–Trinajstić information content (AvgIpc) is 3.13. The van der Waals surface area contributed by atoms with Crippen LogP contribution in [0.1, 0.15) is 37.8 Å². The van der Waals surface area contributed by atoms with Gasteiger partial charge in [-0.3, -0.25) is 14.9 Å². The second-order valence-electron chi connectivity index (χ2n) is 8.51. The number of nitrogens with one attached hydrogen (secondary N) is 1. The zero-order valence-electron chi connectivity index (χ0n) is 20.2. The van der Waals surface area contributed by atoms with Crippen LogP contribution in [0.3, 0.4) is 0 Å². The summed E-state index contributed by atoms with van der Waals surface area (Å²) in [5, 5.41) is 2.35. The average molecular weight is 526 g/mol. The van der Waals surface area contributed by atoms with E-state index in [0.29, 0.717) is 36.0 Å². The number of thioether (sulfide) groups is 1. The normalized spacial score (nSPS) is 17.1. The number of hydrogen-bond donors (Lipinski definition) is 1. The van der Waals surface area contributed by atoms with E-state index in [9.17, 15) is 9.59 Å². The fourth-order valence-corrected chi connectivity index (χ4v) is 4.98. The molecule has 188 valence electrons. The third-order valence-corrected chi connectivity index (χ3v) is 7.17. The number of aryl methyl sites for hydroxylation is 1. The molecule has 0 aromatic heterocycles. The van der Waals surface area contributed by atoms with E-state index in [2.05, 4.69) is 12.2 Å². The van der Waals surface area contributed by atoms with Crippen molar-refractivity contribution >= 4 is 34.5 Å². The Bertz CT molecular complexity index is 1240. The van der Waals surface area contributed by atoms with E-state index in [-0.39, 0.29) is 11.1 Å². The van der Waals surface area contributed by atoms with Gasteiger partial charge in [0.05, 0.1) is 18.2 Å². The number of para-hydroxylation sites is 1. The molecule has 4 rings (SSSR count). The van der Waals surface area contributed by atoms with Crippen molar-refractivity contribution in [2.24, 2.45) is 0 Å². The van der Waals surface area contributed by atoms with Gasteiger partial charge in [0.15, 0.2) is 0 Å². The smallest absolute Gasteiger partial charge is 0.287 e. The Morgan fingerprint density at radius 3 is 2.31 bits per heavy atom. The molecular formula is C28H28ClNO5S. The van der Waals surface area contributed by atoms with Crippen molar-refractivity contribution in [1.82, 2.24) is 5.32 Å². The first-order valence-electron chi connectivity index (χ1n) is 11.8.